The Morgan fingerprint density at radius 1 is 1.24 bits per heavy atom. The minimum atomic E-state index is -4.24. The van der Waals surface area contributed by atoms with E-state index in [1.807, 2.05) is 4.90 Å². The lowest BCUT2D eigenvalue weighted by molar-refractivity contribution is -0.148. The fourth-order valence-electron chi connectivity index (χ4n) is 2.66. The number of hydrogen-bond acceptors (Lipinski definition) is 2. The highest BCUT2D eigenvalue weighted by molar-refractivity contribution is 5.85. The van der Waals surface area contributed by atoms with Gasteiger partial charge in [0.2, 0.25) is 0 Å². The smallest absolute Gasteiger partial charge is 0.314 e. The Morgan fingerprint density at radius 3 is 2.38 bits per heavy atom. The van der Waals surface area contributed by atoms with Crippen LogP contribution in [0.25, 0.3) is 0 Å². The second-order valence-electron chi connectivity index (χ2n) is 5.12. The van der Waals surface area contributed by atoms with Gasteiger partial charge in [-0.3, -0.25) is 4.90 Å². The molecule has 1 N–H and O–H groups in total. The molecule has 1 aliphatic rings. The van der Waals surface area contributed by atoms with Crippen molar-refractivity contribution in [2.24, 2.45) is 0 Å². The van der Waals surface area contributed by atoms with Crippen molar-refractivity contribution in [2.45, 2.75) is 25.6 Å². The number of nitrogens with zero attached hydrogens (tertiary/aromatic N) is 1. The van der Waals surface area contributed by atoms with Gasteiger partial charge in [-0.1, -0.05) is 6.07 Å². The van der Waals surface area contributed by atoms with Crippen LogP contribution >= 0.6 is 12.4 Å². The second-order valence-corrected chi connectivity index (χ2v) is 5.12. The molecule has 1 heterocycles. The standard InChI is InChI=1S/C14H18F4N2.ClH/c1-10-8-11(15)2-3-12(10)13(9-14(16,17)18)20-6-4-19-5-7-20;/h2-3,8,13,19H,4-7,9H2,1H3;1H/t13-;/m1./s1. The van der Waals surface area contributed by atoms with Crippen molar-refractivity contribution in [1.29, 1.82) is 0 Å². The maximum Gasteiger partial charge on any atom is 0.390 e. The number of benzene rings is 1. The number of piperazine rings is 1. The first-order valence-electron chi connectivity index (χ1n) is 6.64. The summed E-state index contributed by atoms with van der Waals surface area (Å²) >= 11 is 0. The molecule has 120 valence electrons. The zero-order valence-electron chi connectivity index (χ0n) is 11.7. The van der Waals surface area contributed by atoms with Gasteiger partial charge in [0.15, 0.2) is 0 Å². The number of aryl methyl sites for hydroxylation is 1. The van der Waals surface area contributed by atoms with Gasteiger partial charge in [0, 0.05) is 32.2 Å². The van der Waals surface area contributed by atoms with E-state index in [4.69, 9.17) is 0 Å². The SMILES string of the molecule is Cc1cc(F)ccc1[C@@H](CC(F)(F)F)N1CCNCC1.Cl. The number of alkyl halides is 3. The Balaban J connectivity index is 0.00000220. The Kier molecular flexibility index (Phi) is 6.43. The Labute approximate surface area is 127 Å². The maximum atomic E-state index is 13.1. The van der Waals surface area contributed by atoms with E-state index in [-0.39, 0.29) is 12.4 Å². The lowest BCUT2D eigenvalue weighted by Gasteiger charge is -2.36. The van der Waals surface area contributed by atoms with Crippen LogP contribution in [0.4, 0.5) is 17.6 Å². The summed E-state index contributed by atoms with van der Waals surface area (Å²) in [4.78, 5) is 1.82. The molecule has 1 aromatic carbocycles. The number of rotatable bonds is 3. The van der Waals surface area contributed by atoms with Gasteiger partial charge in [0.05, 0.1) is 6.42 Å². The number of nitrogens with one attached hydrogen (secondary N) is 1. The van der Waals surface area contributed by atoms with Crippen LogP contribution in [0, 0.1) is 12.7 Å². The van der Waals surface area contributed by atoms with Gasteiger partial charge in [0.25, 0.3) is 0 Å². The Hall–Kier alpha value is -0.850. The molecular weight excluding hydrogens is 308 g/mol. The van der Waals surface area contributed by atoms with Gasteiger partial charge in [-0.2, -0.15) is 13.2 Å². The van der Waals surface area contributed by atoms with E-state index in [1.54, 1.807) is 6.92 Å². The molecule has 1 aliphatic heterocycles. The van der Waals surface area contributed by atoms with Crippen LogP contribution in [0.2, 0.25) is 0 Å². The molecule has 7 heteroatoms. The minimum Gasteiger partial charge on any atom is -0.314 e. The largest absolute Gasteiger partial charge is 0.390 e. The van der Waals surface area contributed by atoms with Crippen LogP contribution < -0.4 is 5.32 Å². The van der Waals surface area contributed by atoms with Crippen molar-refractivity contribution in [2.75, 3.05) is 26.2 Å². The molecule has 2 rings (SSSR count). The fourth-order valence-corrected chi connectivity index (χ4v) is 2.66. The quantitative estimate of drug-likeness (QED) is 0.856. The molecule has 1 fully saturated rings. The molecule has 0 saturated carbocycles. The average molecular weight is 327 g/mol. The maximum absolute atomic E-state index is 13.1. The number of hydrogen-bond donors (Lipinski definition) is 1. The highest BCUT2D eigenvalue weighted by atomic mass is 35.5. The highest BCUT2D eigenvalue weighted by Crippen LogP contribution is 2.35. The predicted molar refractivity (Wildman–Crippen MR) is 76.2 cm³/mol. The van der Waals surface area contributed by atoms with Crippen molar-refractivity contribution >= 4 is 12.4 Å². The first kappa shape index (κ1) is 18.2. The molecule has 0 spiro atoms. The summed E-state index contributed by atoms with van der Waals surface area (Å²) in [5.74, 6) is -0.419. The van der Waals surface area contributed by atoms with E-state index in [0.717, 1.165) is 0 Å². The Bertz CT molecular complexity index is 459. The van der Waals surface area contributed by atoms with Gasteiger partial charge in [-0.15, -0.1) is 12.4 Å². The van der Waals surface area contributed by atoms with Crippen molar-refractivity contribution in [3.8, 4) is 0 Å². The zero-order valence-corrected chi connectivity index (χ0v) is 12.5. The molecule has 0 amide bonds. The van der Waals surface area contributed by atoms with Crippen LogP contribution in [-0.2, 0) is 0 Å². The lowest BCUT2D eigenvalue weighted by Crippen LogP contribution is -2.46. The molecule has 2 nitrogen and oxygen atoms in total. The van der Waals surface area contributed by atoms with Crippen LogP contribution in [0.15, 0.2) is 18.2 Å². The highest BCUT2D eigenvalue weighted by Gasteiger charge is 2.36. The van der Waals surface area contributed by atoms with Gasteiger partial charge >= 0.3 is 6.18 Å². The molecule has 1 aromatic rings. The normalized spacial score (nSPS) is 18.1. The van der Waals surface area contributed by atoms with Gasteiger partial charge in [-0.25, -0.2) is 4.39 Å². The van der Waals surface area contributed by atoms with Crippen molar-refractivity contribution < 1.29 is 17.6 Å². The van der Waals surface area contributed by atoms with Crippen molar-refractivity contribution in [1.82, 2.24) is 10.2 Å². The summed E-state index contributed by atoms with van der Waals surface area (Å²) in [7, 11) is 0. The Morgan fingerprint density at radius 2 is 1.86 bits per heavy atom. The fraction of sp³-hybridized carbons (Fsp3) is 0.571. The van der Waals surface area contributed by atoms with E-state index < -0.39 is 24.5 Å². The first-order valence-corrected chi connectivity index (χ1v) is 6.64. The molecule has 0 aliphatic carbocycles. The van der Waals surface area contributed by atoms with E-state index in [2.05, 4.69) is 5.32 Å². The van der Waals surface area contributed by atoms with E-state index in [1.165, 1.54) is 18.2 Å². The third-order valence-corrected chi connectivity index (χ3v) is 3.61. The molecule has 0 unspecified atom stereocenters. The monoisotopic (exact) mass is 326 g/mol. The summed E-state index contributed by atoms with van der Waals surface area (Å²) < 4.78 is 51.7. The van der Waals surface area contributed by atoms with Gasteiger partial charge in [-0.05, 0) is 30.2 Å². The average Bonchev–Trinajstić information content (AvgIpc) is 2.36. The van der Waals surface area contributed by atoms with E-state index >= 15 is 0 Å². The summed E-state index contributed by atoms with van der Waals surface area (Å²) in [5.41, 5.74) is 1.13. The van der Waals surface area contributed by atoms with Crippen LogP contribution in [-0.4, -0.2) is 37.3 Å². The third-order valence-electron chi connectivity index (χ3n) is 3.61. The zero-order chi connectivity index (χ0) is 14.8. The summed E-state index contributed by atoms with van der Waals surface area (Å²) in [6.07, 6.45) is -5.14. The predicted octanol–water partition coefficient (Wildman–Crippen LogP) is 3.45. The molecule has 0 aromatic heterocycles. The minimum absolute atomic E-state index is 0. The summed E-state index contributed by atoms with van der Waals surface area (Å²) in [6.45, 7) is 4.14. The third kappa shape index (κ3) is 5.13. The van der Waals surface area contributed by atoms with Gasteiger partial charge < -0.3 is 5.32 Å². The topological polar surface area (TPSA) is 15.3 Å². The van der Waals surface area contributed by atoms with Crippen molar-refractivity contribution in [3.05, 3.63) is 35.1 Å². The van der Waals surface area contributed by atoms with Crippen molar-refractivity contribution in [3.63, 3.8) is 0 Å². The second kappa shape index (κ2) is 7.42. The summed E-state index contributed by atoms with van der Waals surface area (Å²) in [6, 6.07) is 3.26. The van der Waals surface area contributed by atoms with E-state index in [9.17, 15) is 17.6 Å². The molecule has 0 radical (unpaired) electrons. The molecule has 1 atom stereocenters. The molecule has 1 saturated heterocycles. The van der Waals surface area contributed by atoms with Gasteiger partial charge in [0.1, 0.15) is 5.82 Å². The van der Waals surface area contributed by atoms with Crippen LogP contribution in [0.3, 0.4) is 0 Å². The van der Waals surface area contributed by atoms with Crippen LogP contribution in [0.5, 0.6) is 0 Å². The van der Waals surface area contributed by atoms with E-state index in [0.29, 0.717) is 37.3 Å². The first-order chi connectivity index (χ1) is 9.37. The van der Waals surface area contributed by atoms with Crippen LogP contribution in [0.1, 0.15) is 23.6 Å². The lowest BCUT2D eigenvalue weighted by atomic mass is 9.96. The molecule has 0 bridgehead atoms. The summed E-state index contributed by atoms with van der Waals surface area (Å²) in [5, 5.41) is 3.12. The molecular formula is C14H19ClF4N2. The number of halogens is 5. The molecule has 21 heavy (non-hydrogen) atoms.